The number of rotatable bonds is 2. The van der Waals surface area contributed by atoms with Crippen molar-refractivity contribution in [1.82, 2.24) is 0 Å². The Morgan fingerprint density at radius 1 is 1.29 bits per heavy atom. The van der Waals surface area contributed by atoms with E-state index in [0.717, 1.165) is 12.0 Å². The van der Waals surface area contributed by atoms with Crippen LogP contribution in [-0.2, 0) is 6.42 Å². The van der Waals surface area contributed by atoms with Gasteiger partial charge in [0.15, 0.2) is 0 Å². The minimum absolute atomic E-state index is 0.298. The van der Waals surface area contributed by atoms with E-state index in [-0.39, 0.29) is 5.82 Å². The van der Waals surface area contributed by atoms with Crippen molar-refractivity contribution < 1.29 is 4.39 Å². The van der Waals surface area contributed by atoms with Crippen LogP contribution in [0.1, 0.15) is 37.7 Å². The predicted octanol–water partition coefficient (Wildman–Crippen LogP) is 5.37. The maximum atomic E-state index is 13.3. The molecule has 3 heteroatoms. The molecule has 0 aromatic heterocycles. The number of hydrogen-bond donors (Lipinski definition) is 0. The Morgan fingerprint density at radius 3 is 2.88 bits per heavy atom. The normalized spacial score (nSPS) is 25.6. The maximum Gasteiger partial charge on any atom is 0.142 e. The van der Waals surface area contributed by atoms with Crippen molar-refractivity contribution >= 4 is 27.5 Å². The molecule has 0 aliphatic heterocycles. The van der Waals surface area contributed by atoms with Gasteiger partial charge in [-0.3, -0.25) is 0 Å². The van der Waals surface area contributed by atoms with E-state index >= 15 is 0 Å². The van der Waals surface area contributed by atoms with E-state index in [0.29, 0.717) is 15.8 Å². The van der Waals surface area contributed by atoms with Crippen LogP contribution in [0.2, 0.25) is 5.02 Å². The zero-order chi connectivity index (χ0) is 12.3. The van der Waals surface area contributed by atoms with Gasteiger partial charge in [0.05, 0.1) is 5.02 Å². The molecular weight excluding hydrogens is 303 g/mol. The van der Waals surface area contributed by atoms with Crippen molar-refractivity contribution in [1.29, 1.82) is 0 Å². The molecule has 1 aromatic rings. The smallest absolute Gasteiger partial charge is 0.142 e. The average molecular weight is 320 g/mol. The summed E-state index contributed by atoms with van der Waals surface area (Å²) in [6, 6.07) is 5.12. The second-order valence-corrected chi connectivity index (χ2v) is 6.57. The molecule has 0 nitrogen and oxygen atoms in total. The minimum atomic E-state index is -0.298. The maximum absolute atomic E-state index is 13.3. The fourth-order valence-electron chi connectivity index (χ4n) is 2.60. The lowest BCUT2D eigenvalue weighted by molar-refractivity contribution is 0.462. The van der Waals surface area contributed by atoms with Crippen LogP contribution in [0.15, 0.2) is 18.2 Å². The third-order valence-electron chi connectivity index (χ3n) is 3.51. The summed E-state index contributed by atoms with van der Waals surface area (Å²) in [6.07, 6.45) is 7.14. The zero-order valence-corrected chi connectivity index (χ0v) is 12.1. The first kappa shape index (κ1) is 13.4. The van der Waals surface area contributed by atoms with Crippen LogP contribution in [0.25, 0.3) is 0 Å². The van der Waals surface area contributed by atoms with Crippen molar-refractivity contribution in [3.8, 4) is 0 Å². The Bertz CT molecular complexity index is 380. The topological polar surface area (TPSA) is 0 Å². The Kier molecular flexibility index (Phi) is 4.87. The Labute approximate surface area is 116 Å². The minimum Gasteiger partial charge on any atom is -0.205 e. The molecular formula is C14H17BrClF. The van der Waals surface area contributed by atoms with Gasteiger partial charge in [0.1, 0.15) is 5.82 Å². The standard InChI is InChI=1S/C14H17BrClF/c15-12-6-2-1-4-10(9-12)8-11-5-3-7-13(17)14(11)16/h3,5,7,10,12H,1-2,4,6,8-9H2. The number of benzene rings is 1. The van der Waals surface area contributed by atoms with Crippen molar-refractivity contribution in [2.24, 2.45) is 5.92 Å². The van der Waals surface area contributed by atoms with Gasteiger partial charge >= 0.3 is 0 Å². The lowest BCUT2D eigenvalue weighted by atomic mass is 9.92. The molecule has 17 heavy (non-hydrogen) atoms. The summed E-state index contributed by atoms with van der Waals surface area (Å²) in [5.74, 6) is 0.328. The van der Waals surface area contributed by atoms with Gasteiger partial charge in [0.25, 0.3) is 0 Å². The molecule has 1 aromatic carbocycles. The Hall–Kier alpha value is -0.0800. The summed E-state index contributed by atoms with van der Waals surface area (Å²) < 4.78 is 13.3. The van der Waals surface area contributed by atoms with E-state index in [4.69, 9.17) is 11.6 Å². The third kappa shape index (κ3) is 3.69. The van der Waals surface area contributed by atoms with Gasteiger partial charge in [-0.2, -0.15) is 0 Å². The molecule has 2 unspecified atom stereocenters. The van der Waals surface area contributed by atoms with E-state index in [1.165, 1.54) is 38.2 Å². The van der Waals surface area contributed by atoms with Crippen LogP contribution in [-0.4, -0.2) is 4.83 Å². The highest BCUT2D eigenvalue weighted by Gasteiger charge is 2.19. The first-order valence-corrected chi connectivity index (χ1v) is 7.53. The van der Waals surface area contributed by atoms with Crippen molar-refractivity contribution in [3.05, 3.63) is 34.6 Å². The summed E-state index contributed by atoms with van der Waals surface area (Å²) in [7, 11) is 0. The zero-order valence-electron chi connectivity index (χ0n) is 9.76. The monoisotopic (exact) mass is 318 g/mol. The largest absolute Gasteiger partial charge is 0.205 e. The molecule has 0 spiro atoms. The van der Waals surface area contributed by atoms with Crippen molar-refractivity contribution in [2.45, 2.75) is 43.4 Å². The van der Waals surface area contributed by atoms with Gasteiger partial charge in [-0.1, -0.05) is 58.9 Å². The van der Waals surface area contributed by atoms with Crippen LogP contribution >= 0.6 is 27.5 Å². The SMILES string of the molecule is Fc1cccc(CC2CCCCC(Br)C2)c1Cl. The van der Waals surface area contributed by atoms with Crippen LogP contribution < -0.4 is 0 Å². The lowest BCUT2D eigenvalue weighted by Crippen LogP contribution is -2.09. The van der Waals surface area contributed by atoms with Crippen LogP contribution in [0.5, 0.6) is 0 Å². The Morgan fingerprint density at radius 2 is 2.06 bits per heavy atom. The quantitative estimate of drug-likeness (QED) is 0.508. The first-order valence-electron chi connectivity index (χ1n) is 6.23. The molecule has 0 saturated heterocycles. The van der Waals surface area contributed by atoms with Gasteiger partial charge in [-0.25, -0.2) is 4.39 Å². The molecule has 1 aliphatic rings. The first-order chi connectivity index (χ1) is 8.16. The molecule has 0 heterocycles. The van der Waals surface area contributed by atoms with Gasteiger partial charge in [-0.15, -0.1) is 0 Å². The predicted molar refractivity (Wildman–Crippen MR) is 74.4 cm³/mol. The molecule has 2 rings (SSSR count). The van der Waals surface area contributed by atoms with E-state index < -0.39 is 0 Å². The van der Waals surface area contributed by atoms with Gasteiger partial charge in [-0.05, 0) is 36.8 Å². The molecule has 1 aliphatic carbocycles. The van der Waals surface area contributed by atoms with E-state index in [2.05, 4.69) is 15.9 Å². The molecule has 0 amide bonds. The van der Waals surface area contributed by atoms with Crippen molar-refractivity contribution in [2.75, 3.05) is 0 Å². The third-order valence-corrected chi connectivity index (χ3v) is 4.76. The van der Waals surface area contributed by atoms with E-state index in [1.807, 2.05) is 6.07 Å². The van der Waals surface area contributed by atoms with Gasteiger partial charge in [0.2, 0.25) is 0 Å². The Balaban J connectivity index is 2.06. The molecule has 0 bridgehead atoms. The molecule has 1 saturated carbocycles. The molecule has 0 N–H and O–H groups in total. The van der Waals surface area contributed by atoms with Crippen LogP contribution in [0.4, 0.5) is 4.39 Å². The average Bonchev–Trinajstić information content (AvgIpc) is 2.49. The number of halogens is 3. The number of hydrogen-bond acceptors (Lipinski definition) is 0. The summed E-state index contributed by atoms with van der Waals surface area (Å²) in [5.41, 5.74) is 0.957. The highest BCUT2D eigenvalue weighted by Crippen LogP contribution is 2.32. The van der Waals surface area contributed by atoms with Crippen molar-refractivity contribution in [3.63, 3.8) is 0 Å². The molecule has 2 atom stereocenters. The summed E-state index contributed by atoms with van der Waals surface area (Å²) >= 11 is 9.72. The second kappa shape index (κ2) is 6.19. The van der Waals surface area contributed by atoms with Gasteiger partial charge < -0.3 is 0 Å². The van der Waals surface area contributed by atoms with Crippen LogP contribution in [0.3, 0.4) is 0 Å². The fourth-order valence-corrected chi connectivity index (χ4v) is 3.65. The van der Waals surface area contributed by atoms with Gasteiger partial charge in [0, 0.05) is 4.83 Å². The van der Waals surface area contributed by atoms with E-state index in [1.54, 1.807) is 6.07 Å². The highest BCUT2D eigenvalue weighted by molar-refractivity contribution is 9.09. The summed E-state index contributed by atoms with van der Waals surface area (Å²) in [6.45, 7) is 0. The summed E-state index contributed by atoms with van der Waals surface area (Å²) in [4.78, 5) is 0.613. The lowest BCUT2D eigenvalue weighted by Gasteiger charge is -2.17. The molecule has 94 valence electrons. The van der Waals surface area contributed by atoms with Crippen LogP contribution in [0, 0.1) is 11.7 Å². The highest BCUT2D eigenvalue weighted by atomic mass is 79.9. The second-order valence-electron chi connectivity index (χ2n) is 4.90. The summed E-state index contributed by atoms with van der Waals surface area (Å²) in [5, 5.41) is 0.308. The van der Waals surface area contributed by atoms with E-state index in [9.17, 15) is 4.39 Å². The molecule has 1 fully saturated rings. The number of alkyl halides is 1. The fraction of sp³-hybridized carbons (Fsp3) is 0.571. The molecule has 0 radical (unpaired) electrons.